The summed E-state index contributed by atoms with van der Waals surface area (Å²) in [6.45, 7) is 0. The number of tetrazole rings is 1. The van der Waals surface area contributed by atoms with Crippen LogP contribution >= 0.6 is 11.8 Å². The summed E-state index contributed by atoms with van der Waals surface area (Å²) >= 11 is 1.29. The molecule has 5 rings (SSSR count). The number of thioether (sulfide) groups is 1. The van der Waals surface area contributed by atoms with Crippen molar-refractivity contribution in [3.8, 4) is 11.4 Å². The second-order valence-corrected chi connectivity index (χ2v) is 7.96. The van der Waals surface area contributed by atoms with Crippen LogP contribution in [0.25, 0.3) is 11.4 Å². The maximum Gasteiger partial charge on any atom is 0.236 e. The van der Waals surface area contributed by atoms with E-state index in [2.05, 4.69) is 20.8 Å². The van der Waals surface area contributed by atoms with Crippen LogP contribution < -0.4 is 5.32 Å². The van der Waals surface area contributed by atoms with Crippen LogP contribution in [-0.2, 0) is 4.79 Å². The van der Waals surface area contributed by atoms with Crippen LogP contribution in [0.3, 0.4) is 0 Å². The van der Waals surface area contributed by atoms with Crippen LogP contribution in [0.15, 0.2) is 71.9 Å². The van der Waals surface area contributed by atoms with Gasteiger partial charge in [0, 0.05) is 12.0 Å². The fourth-order valence-corrected chi connectivity index (χ4v) is 3.83. The Balaban J connectivity index is 1.31. The number of para-hydroxylation sites is 2. The lowest BCUT2D eigenvalue weighted by Gasteiger charge is -2.09. The van der Waals surface area contributed by atoms with E-state index in [9.17, 15) is 4.79 Å². The first kappa shape index (κ1) is 18.6. The van der Waals surface area contributed by atoms with Crippen molar-refractivity contribution in [3.63, 3.8) is 0 Å². The van der Waals surface area contributed by atoms with Gasteiger partial charge in [0.2, 0.25) is 11.1 Å². The largest absolute Gasteiger partial charge is 0.310 e. The van der Waals surface area contributed by atoms with E-state index in [1.165, 1.54) is 11.8 Å². The molecule has 0 atom stereocenters. The summed E-state index contributed by atoms with van der Waals surface area (Å²) in [5.74, 6) is 1.22. The normalized spacial score (nSPS) is 13.3. The van der Waals surface area contributed by atoms with Crippen molar-refractivity contribution in [3.05, 3.63) is 72.4 Å². The number of nitrogens with zero attached hydrogens (tertiary/aromatic N) is 6. The molecule has 150 valence electrons. The number of aromatic nitrogens is 6. The fourth-order valence-electron chi connectivity index (χ4n) is 3.14. The lowest BCUT2D eigenvalue weighted by Crippen LogP contribution is -2.17. The maximum atomic E-state index is 12.7. The van der Waals surface area contributed by atoms with E-state index in [4.69, 9.17) is 5.10 Å². The zero-order valence-corrected chi connectivity index (χ0v) is 16.9. The molecule has 8 nitrogen and oxygen atoms in total. The van der Waals surface area contributed by atoms with E-state index >= 15 is 0 Å². The summed E-state index contributed by atoms with van der Waals surface area (Å²) < 4.78 is 3.42. The van der Waals surface area contributed by atoms with Crippen LogP contribution in [0.5, 0.6) is 0 Å². The van der Waals surface area contributed by atoms with Gasteiger partial charge in [0.25, 0.3) is 0 Å². The number of amides is 1. The van der Waals surface area contributed by atoms with Gasteiger partial charge in [0.1, 0.15) is 5.82 Å². The van der Waals surface area contributed by atoms with Crippen molar-refractivity contribution < 1.29 is 4.79 Å². The third-order valence-corrected chi connectivity index (χ3v) is 5.69. The minimum Gasteiger partial charge on any atom is -0.310 e. The van der Waals surface area contributed by atoms with E-state index in [0.29, 0.717) is 16.9 Å². The summed E-state index contributed by atoms with van der Waals surface area (Å²) in [6, 6.07) is 21.4. The lowest BCUT2D eigenvalue weighted by molar-refractivity contribution is -0.113. The number of hydrogen-bond donors (Lipinski definition) is 1. The molecule has 2 aromatic carbocycles. The molecule has 1 aliphatic carbocycles. The van der Waals surface area contributed by atoms with E-state index < -0.39 is 0 Å². The van der Waals surface area contributed by atoms with Crippen molar-refractivity contribution in [2.75, 3.05) is 11.1 Å². The van der Waals surface area contributed by atoms with Crippen LogP contribution in [0.1, 0.15) is 24.5 Å². The van der Waals surface area contributed by atoms with Crippen LogP contribution in [0, 0.1) is 0 Å². The molecule has 2 aromatic heterocycles. The standard InChI is InChI=1S/C21H19N7OS/c29-20(14-30-21-23-25-26-28(21)17-9-5-2-6-10-17)22-19-13-18(15-11-12-15)24-27(19)16-7-3-1-4-8-16/h1-10,13,15H,11-12,14H2,(H,22,29). The number of hydrogen-bond acceptors (Lipinski definition) is 6. The Labute approximate surface area is 177 Å². The van der Waals surface area contributed by atoms with Crippen LogP contribution in [0.2, 0.25) is 0 Å². The van der Waals surface area contributed by atoms with Crippen molar-refractivity contribution in [2.45, 2.75) is 23.9 Å². The Kier molecular flexibility index (Phi) is 5.02. The fraction of sp³-hybridized carbons (Fsp3) is 0.190. The molecule has 1 aliphatic rings. The monoisotopic (exact) mass is 417 g/mol. The van der Waals surface area contributed by atoms with Gasteiger partial charge in [-0.05, 0) is 47.5 Å². The first-order valence-corrected chi connectivity index (χ1v) is 10.7. The number of nitrogens with one attached hydrogen (secondary N) is 1. The number of carbonyl (C=O) groups excluding carboxylic acids is 1. The Hall–Kier alpha value is -3.46. The van der Waals surface area contributed by atoms with Gasteiger partial charge in [-0.1, -0.05) is 48.2 Å². The Morgan fingerprint density at radius 1 is 1.00 bits per heavy atom. The van der Waals surface area contributed by atoms with Crippen molar-refractivity contribution in [1.82, 2.24) is 30.0 Å². The van der Waals surface area contributed by atoms with Gasteiger partial charge in [-0.3, -0.25) is 4.79 Å². The molecule has 1 saturated carbocycles. The summed E-state index contributed by atoms with van der Waals surface area (Å²) in [5.41, 5.74) is 2.79. The molecule has 30 heavy (non-hydrogen) atoms. The molecule has 1 fully saturated rings. The SMILES string of the molecule is O=C(CSc1nnnn1-c1ccccc1)Nc1cc(C2CC2)nn1-c1ccccc1. The highest BCUT2D eigenvalue weighted by Crippen LogP contribution is 2.40. The Morgan fingerprint density at radius 3 is 2.33 bits per heavy atom. The second-order valence-electron chi connectivity index (χ2n) is 7.02. The van der Waals surface area contributed by atoms with Gasteiger partial charge in [0.15, 0.2) is 0 Å². The summed E-state index contributed by atoms with van der Waals surface area (Å²) in [5, 5.41) is 20.1. The number of benzene rings is 2. The quantitative estimate of drug-likeness (QED) is 0.463. The van der Waals surface area contributed by atoms with E-state index in [0.717, 1.165) is 29.9 Å². The zero-order chi connectivity index (χ0) is 20.3. The molecule has 9 heteroatoms. The molecule has 0 aliphatic heterocycles. The van der Waals surface area contributed by atoms with Gasteiger partial charge in [-0.25, -0.2) is 4.68 Å². The molecular weight excluding hydrogens is 398 g/mol. The highest BCUT2D eigenvalue weighted by Gasteiger charge is 2.28. The average Bonchev–Trinajstić information content (AvgIpc) is 3.38. The predicted octanol–water partition coefficient (Wildman–Crippen LogP) is 3.46. The summed E-state index contributed by atoms with van der Waals surface area (Å²) in [6.07, 6.45) is 2.30. The third kappa shape index (κ3) is 3.97. The maximum absolute atomic E-state index is 12.7. The molecule has 0 saturated heterocycles. The van der Waals surface area contributed by atoms with Gasteiger partial charge in [0.05, 0.1) is 22.8 Å². The zero-order valence-electron chi connectivity index (χ0n) is 16.0. The third-order valence-electron chi connectivity index (χ3n) is 4.77. The minimum atomic E-state index is -0.137. The van der Waals surface area contributed by atoms with Gasteiger partial charge in [-0.15, -0.1) is 5.10 Å². The minimum absolute atomic E-state index is 0.137. The molecular formula is C21H19N7OS. The highest BCUT2D eigenvalue weighted by molar-refractivity contribution is 7.99. The van der Waals surface area contributed by atoms with Crippen molar-refractivity contribution >= 4 is 23.5 Å². The van der Waals surface area contributed by atoms with Gasteiger partial charge in [-0.2, -0.15) is 9.78 Å². The first-order valence-electron chi connectivity index (χ1n) is 9.70. The van der Waals surface area contributed by atoms with Gasteiger partial charge < -0.3 is 5.32 Å². The molecule has 2 heterocycles. The Bertz CT molecular complexity index is 1150. The number of rotatable bonds is 7. The molecule has 0 radical (unpaired) electrons. The summed E-state index contributed by atoms with van der Waals surface area (Å²) in [4.78, 5) is 12.7. The Morgan fingerprint density at radius 2 is 1.67 bits per heavy atom. The first-order chi connectivity index (χ1) is 14.8. The number of carbonyl (C=O) groups is 1. The summed E-state index contributed by atoms with van der Waals surface area (Å²) in [7, 11) is 0. The van der Waals surface area contributed by atoms with E-state index in [-0.39, 0.29) is 11.7 Å². The van der Waals surface area contributed by atoms with Gasteiger partial charge >= 0.3 is 0 Å². The molecule has 0 unspecified atom stereocenters. The van der Waals surface area contributed by atoms with Crippen LogP contribution in [0.4, 0.5) is 5.82 Å². The molecule has 0 spiro atoms. The lowest BCUT2D eigenvalue weighted by atomic mass is 10.3. The molecule has 4 aromatic rings. The second kappa shape index (κ2) is 8.11. The predicted molar refractivity (Wildman–Crippen MR) is 114 cm³/mol. The topological polar surface area (TPSA) is 90.5 Å². The van der Waals surface area contributed by atoms with Crippen molar-refractivity contribution in [2.24, 2.45) is 0 Å². The molecule has 1 N–H and O–H groups in total. The van der Waals surface area contributed by atoms with E-state index in [1.54, 1.807) is 9.36 Å². The van der Waals surface area contributed by atoms with E-state index in [1.807, 2.05) is 66.7 Å². The van der Waals surface area contributed by atoms with Crippen LogP contribution in [-0.4, -0.2) is 41.6 Å². The smallest absolute Gasteiger partial charge is 0.236 e. The van der Waals surface area contributed by atoms with Crippen molar-refractivity contribution in [1.29, 1.82) is 0 Å². The highest BCUT2D eigenvalue weighted by atomic mass is 32.2. The number of anilines is 1. The molecule has 0 bridgehead atoms. The average molecular weight is 417 g/mol. The molecule has 1 amide bonds.